The third-order valence-corrected chi connectivity index (χ3v) is 2.83. The van der Waals surface area contributed by atoms with Crippen molar-refractivity contribution < 1.29 is 4.74 Å². The minimum atomic E-state index is 0.224. The van der Waals surface area contributed by atoms with E-state index in [2.05, 4.69) is 36.5 Å². The predicted octanol–water partition coefficient (Wildman–Crippen LogP) is 2.53. The monoisotopic (exact) mass is 228 g/mol. The number of aryl methyl sites for hydroxylation is 1. The van der Waals surface area contributed by atoms with Crippen molar-refractivity contribution in [3.8, 4) is 0 Å². The van der Waals surface area contributed by atoms with Gasteiger partial charge in [-0.15, -0.1) is 11.3 Å². The molecule has 1 aromatic rings. The lowest BCUT2D eigenvalue weighted by Crippen LogP contribution is -2.26. The molecule has 0 radical (unpaired) electrons. The summed E-state index contributed by atoms with van der Waals surface area (Å²) < 4.78 is 5.62. The molecule has 1 aromatic heterocycles. The van der Waals surface area contributed by atoms with E-state index >= 15 is 0 Å². The topological polar surface area (TPSA) is 34.1 Å². The molecule has 86 valence electrons. The molecule has 1 rings (SSSR count). The van der Waals surface area contributed by atoms with Crippen molar-refractivity contribution in [2.75, 3.05) is 13.2 Å². The van der Waals surface area contributed by atoms with E-state index in [0.29, 0.717) is 6.61 Å². The second-order valence-corrected chi connectivity index (χ2v) is 4.85. The van der Waals surface area contributed by atoms with Crippen LogP contribution in [-0.4, -0.2) is 24.2 Å². The summed E-state index contributed by atoms with van der Waals surface area (Å²) in [7, 11) is 0. The predicted molar refractivity (Wildman–Crippen MR) is 64.4 cm³/mol. The number of rotatable bonds is 6. The van der Waals surface area contributed by atoms with Crippen molar-refractivity contribution in [3.63, 3.8) is 0 Å². The number of hydrogen-bond donors (Lipinski definition) is 1. The maximum absolute atomic E-state index is 5.62. The van der Waals surface area contributed by atoms with Crippen LogP contribution in [0, 0.1) is 6.92 Å². The fourth-order valence-corrected chi connectivity index (χ4v) is 1.99. The Morgan fingerprint density at radius 2 is 2.27 bits per heavy atom. The van der Waals surface area contributed by atoms with Crippen LogP contribution in [0.2, 0.25) is 0 Å². The van der Waals surface area contributed by atoms with Gasteiger partial charge in [-0.05, 0) is 27.3 Å². The smallest absolute Gasteiger partial charge is 0.0898 e. The summed E-state index contributed by atoms with van der Waals surface area (Å²) in [6, 6.07) is 0.224. The normalized spacial score (nSPS) is 13.4. The fraction of sp³-hybridized carbons (Fsp3) is 0.727. The molecule has 1 N–H and O–H groups in total. The van der Waals surface area contributed by atoms with E-state index in [-0.39, 0.29) is 12.1 Å². The zero-order chi connectivity index (χ0) is 11.3. The minimum absolute atomic E-state index is 0.224. The van der Waals surface area contributed by atoms with Gasteiger partial charge in [-0.2, -0.15) is 0 Å². The van der Waals surface area contributed by atoms with Gasteiger partial charge in [0, 0.05) is 5.38 Å². The average Bonchev–Trinajstić information content (AvgIpc) is 2.59. The van der Waals surface area contributed by atoms with Crippen LogP contribution >= 0.6 is 11.3 Å². The Balaban J connectivity index is 2.57. The van der Waals surface area contributed by atoms with Gasteiger partial charge in [0.15, 0.2) is 0 Å². The molecule has 0 aromatic carbocycles. The van der Waals surface area contributed by atoms with Gasteiger partial charge in [0.2, 0.25) is 0 Å². The van der Waals surface area contributed by atoms with E-state index in [1.54, 1.807) is 11.3 Å². The Morgan fingerprint density at radius 3 is 2.73 bits per heavy atom. The number of nitrogens with zero attached hydrogens (tertiary/aromatic N) is 1. The quantitative estimate of drug-likeness (QED) is 0.812. The standard InChI is InChI=1S/C11H20N2OS/c1-5-12-10(6-14-8(2)3)11-7-15-9(4)13-11/h7-8,10,12H,5-6H2,1-4H3. The van der Waals surface area contributed by atoms with E-state index in [0.717, 1.165) is 17.2 Å². The third kappa shape index (κ3) is 4.28. The molecule has 0 saturated heterocycles. The molecule has 0 saturated carbocycles. The summed E-state index contributed by atoms with van der Waals surface area (Å²) in [6.45, 7) is 9.85. The van der Waals surface area contributed by atoms with Crippen LogP contribution in [0.3, 0.4) is 0 Å². The van der Waals surface area contributed by atoms with Crippen molar-refractivity contribution in [2.24, 2.45) is 0 Å². The minimum Gasteiger partial charge on any atom is -0.377 e. The molecule has 0 aliphatic carbocycles. The molecule has 1 heterocycles. The molecular formula is C11H20N2OS. The van der Waals surface area contributed by atoms with Crippen LogP contribution in [0.25, 0.3) is 0 Å². The number of ether oxygens (including phenoxy) is 1. The van der Waals surface area contributed by atoms with Crippen LogP contribution in [0.5, 0.6) is 0 Å². The average molecular weight is 228 g/mol. The van der Waals surface area contributed by atoms with Gasteiger partial charge >= 0.3 is 0 Å². The molecule has 15 heavy (non-hydrogen) atoms. The van der Waals surface area contributed by atoms with Gasteiger partial charge in [0.1, 0.15) is 0 Å². The third-order valence-electron chi connectivity index (χ3n) is 2.04. The maximum atomic E-state index is 5.62. The van der Waals surface area contributed by atoms with Crippen molar-refractivity contribution >= 4 is 11.3 Å². The van der Waals surface area contributed by atoms with Gasteiger partial charge in [0.25, 0.3) is 0 Å². The summed E-state index contributed by atoms with van der Waals surface area (Å²) in [5.74, 6) is 0. The molecule has 0 aliphatic heterocycles. The van der Waals surface area contributed by atoms with Gasteiger partial charge in [0.05, 0.1) is 29.5 Å². The van der Waals surface area contributed by atoms with Gasteiger partial charge < -0.3 is 10.1 Å². The highest BCUT2D eigenvalue weighted by molar-refractivity contribution is 7.09. The van der Waals surface area contributed by atoms with E-state index in [1.807, 2.05) is 6.92 Å². The molecule has 0 amide bonds. The highest BCUT2D eigenvalue weighted by atomic mass is 32.1. The first-order valence-corrected chi connectivity index (χ1v) is 6.28. The fourth-order valence-electron chi connectivity index (χ4n) is 1.32. The SMILES string of the molecule is CCNC(COC(C)C)c1csc(C)n1. The molecule has 3 nitrogen and oxygen atoms in total. The number of nitrogens with one attached hydrogen (secondary N) is 1. The Labute approximate surface area is 95.9 Å². The first kappa shape index (κ1) is 12.6. The first-order chi connectivity index (χ1) is 7.13. The molecule has 0 fully saturated rings. The Morgan fingerprint density at radius 1 is 1.53 bits per heavy atom. The number of likely N-dealkylation sites (N-methyl/N-ethyl adjacent to an activating group) is 1. The van der Waals surface area contributed by atoms with E-state index < -0.39 is 0 Å². The zero-order valence-corrected chi connectivity index (χ0v) is 10.7. The Bertz CT molecular complexity index is 286. The zero-order valence-electron chi connectivity index (χ0n) is 9.91. The first-order valence-electron chi connectivity index (χ1n) is 5.40. The van der Waals surface area contributed by atoms with E-state index in [9.17, 15) is 0 Å². The van der Waals surface area contributed by atoms with Crippen LogP contribution in [-0.2, 0) is 4.74 Å². The van der Waals surface area contributed by atoms with Crippen molar-refractivity contribution in [3.05, 3.63) is 16.1 Å². The number of hydrogen-bond acceptors (Lipinski definition) is 4. The second-order valence-electron chi connectivity index (χ2n) is 3.78. The van der Waals surface area contributed by atoms with Crippen molar-refractivity contribution in [1.82, 2.24) is 10.3 Å². The van der Waals surface area contributed by atoms with E-state index in [1.165, 1.54) is 0 Å². The Hall–Kier alpha value is -0.450. The van der Waals surface area contributed by atoms with Crippen LogP contribution < -0.4 is 5.32 Å². The lowest BCUT2D eigenvalue weighted by atomic mass is 10.2. The van der Waals surface area contributed by atoms with Gasteiger partial charge in [-0.1, -0.05) is 6.92 Å². The lowest BCUT2D eigenvalue weighted by Gasteiger charge is -2.17. The molecule has 4 heteroatoms. The molecule has 1 atom stereocenters. The maximum Gasteiger partial charge on any atom is 0.0898 e. The van der Waals surface area contributed by atoms with E-state index in [4.69, 9.17) is 4.74 Å². The second kappa shape index (κ2) is 6.20. The largest absolute Gasteiger partial charge is 0.377 e. The van der Waals surface area contributed by atoms with Crippen molar-refractivity contribution in [1.29, 1.82) is 0 Å². The molecule has 0 bridgehead atoms. The molecular weight excluding hydrogens is 208 g/mol. The van der Waals surface area contributed by atoms with Crippen LogP contribution in [0.15, 0.2) is 5.38 Å². The summed E-state index contributed by atoms with van der Waals surface area (Å²) in [6.07, 6.45) is 0.269. The summed E-state index contributed by atoms with van der Waals surface area (Å²) in [5.41, 5.74) is 1.10. The molecule has 0 aliphatic rings. The van der Waals surface area contributed by atoms with Gasteiger partial charge in [-0.25, -0.2) is 4.98 Å². The summed E-state index contributed by atoms with van der Waals surface area (Å²) >= 11 is 1.69. The van der Waals surface area contributed by atoms with Crippen LogP contribution in [0.1, 0.15) is 37.5 Å². The summed E-state index contributed by atoms with van der Waals surface area (Å²) in [4.78, 5) is 4.48. The highest BCUT2D eigenvalue weighted by Crippen LogP contribution is 2.17. The molecule has 0 spiro atoms. The Kier molecular flexibility index (Phi) is 5.22. The van der Waals surface area contributed by atoms with Crippen LogP contribution in [0.4, 0.5) is 0 Å². The summed E-state index contributed by atoms with van der Waals surface area (Å²) in [5, 5.41) is 6.60. The van der Waals surface area contributed by atoms with Crippen molar-refractivity contribution in [2.45, 2.75) is 39.8 Å². The lowest BCUT2D eigenvalue weighted by molar-refractivity contribution is 0.0607. The highest BCUT2D eigenvalue weighted by Gasteiger charge is 2.13. The van der Waals surface area contributed by atoms with Gasteiger partial charge in [-0.3, -0.25) is 0 Å². The number of thiazole rings is 1. The molecule has 1 unspecified atom stereocenters. The number of aromatic nitrogens is 1.